The zero-order chi connectivity index (χ0) is 17.1. The normalized spacial score (nSPS) is 10.6. The zero-order valence-electron chi connectivity index (χ0n) is 14.1. The molecule has 0 bridgehead atoms. The molecule has 2 heteroatoms. The summed E-state index contributed by atoms with van der Waals surface area (Å²) in [4.78, 5) is 4.81. The summed E-state index contributed by atoms with van der Waals surface area (Å²) >= 11 is 1.84. The van der Waals surface area contributed by atoms with Crippen molar-refractivity contribution in [1.29, 1.82) is 0 Å². The molecule has 0 saturated carbocycles. The summed E-state index contributed by atoms with van der Waals surface area (Å²) in [5, 5.41) is 0. The minimum Gasteiger partial charge on any atom is -0.345 e. The molecule has 0 fully saturated rings. The first-order valence-electron chi connectivity index (χ1n) is 8.36. The number of anilines is 2. The minimum atomic E-state index is 1.19. The fourth-order valence-electron chi connectivity index (χ4n) is 2.92. The van der Waals surface area contributed by atoms with Crippen LogP contribution in [0.5, 0.6) is 0 Å². The first-order chi connectivity index (χ1) is 12.3. The van der Waals surface area contributed by atoms with Gasteiger partial charge in [0.05, 0.1) is 0 Å². The van der Waals surface area contributed by atoms with E-state index in [1.807, 2.05) is 17.4 Å². The first-order valence-corrected chi connectivity index (χ1v) is 9.17. The molecule has 0 aliphatic heterocycles. The van der Waals surface area contributed by atoms with Crippen LogP contribution in [0.15, 0.2) is 97.1 Å². The van der Waals surface area contributed by atoms with Crippen LogP contribution >= 0.6 is 11.3 Å². The van der Waals surface area contributed by atoms with E-state index in [0.29, 0.717) is 0 Å². The average molecular weight is 341 g/mol. The molecule has 0 spiro atoms. The van der Waals surface area contributed by atoms with Crippen LogP contribution in [-0.4, -0.2) is 7.05 Å². The number of thiophene rings is 1. The van der Waals surface area contributed by atoms with Crippen molar-refractivity contribution in [3.8, 4) is 20.9 Å². The molecule has 122 valence electrons. The van der Waals surface area contributed by atoms with Crippen LogP contribution in [0.1, 0.15) is 0 Å². The lowest BCUT2D eigenvalue weighted by Gasteiger charge is -2.20. The number of nitrogens with zero attached hydrogens (tertiary/aromatic N) is 1. The maximum Gasteiger partial charge on any atom is 0.0414 e. The molecule has 0 aliphatic carbocycles. The standard InChI is InChI=1S/C23H19NS/c1-24(20-12-6-3-7-13-20)21-14-8-11-19(17-21)23-16-15-22(25-23)18-9-4-2-5-10-18/h2-17H,1H3. The fraction of sp³-hybridized carbons (Fsp3) is 0.0435. The van der Waals surface area contributed by atoms with Gasteiger partial charge in [0.2, 0.25) is 0 Å². The lowest BCUT2D eigenvalue weighted by molar-refractivity contribution is 1.21. The molecule has 25 heavy (non-hydrogen) atoms. The van der Waals surface area contributed by atoms with Crippen molar-refractivity contribution in [2.45, 2.75) is 0 Å². The van der Waals surface area contributed by atoms with E-state index in [2.05, 4.69) is 103 Å². The van der Waals surface area contributed by atoms with E-state index in [4.69, 9.17) is 0 Å². The molecular formula is C23H19NS. The third kappa shape index (κ3) is 3.35. The van der Waals surface area contributed by atoms with E-state index in [1.165, 1.54) is 32.3 Å². The Morgan fingerprint density at radius 1 is 0.560 bits per heavy atom. The van der Waals surface area contributed by atoms with E-state index in [9.17, 15) is 0 Å². The Morgan fingerprint density at radius 2 is 1.12 bits per heavy atom. The highest BCUT2D eigenvalue weighted by Crippen LogP contribution is 2.36. The monoisotopic (exact) mass is 341 g/mol. The van der Waals surface area contributed by atoms with Crippen LogP contribution in [0.3, 0.4) is 0 Å². The van der Waals surface area contributed by atoms with Crippen LogP contribution in [0, 0.1) is 0 Å². The Hall–Kier alpha value is -2.84. The Labute approximate surface area is 152 Å². The van der Waals surface area contributed by atoms with Crippen molar-refractivity contribution in [2.24, 2.45) is 0 Å². The summed E-state index contributed by atoms with van der Waals surface area (Å²) in [7, 11) is 2.11. The molecular weight excluding hydrogens is 322 g/mol. The van der Waals surface area contributed by atoms with Gasteiger partial charge in [-0.1, -0.05) is 60.7 Å². The lowest BCUT2D eigenvalue weighted by atomic mass is 10.1. The largest absolute Gasteiger partial charge is 0.345 e. The zero-order valence-corrected chi connectivity index (χ0v) is 14.9. The molecule has 0 amide bonds. The van der Waals surface area contributed by atoms with Gasteiger partial charge in [0, 0.05) is 28.2 Å². The smallest absolute Gasteiger partial charge is 0.0414 e. The first kappa shape index (κ1) is 15.7. The highest BCUT2D eigenvalue weighted by molar-refractivity contribution is 7.18. The van der Waals surface area contributed by atoms with E-state index >= 15 is 0 Å². The van der Waals surface area contributed by atoms with Gasteiger partial charge in [0.25, 0.3) is 0 Å². The molecule has 4 rings (SSSR count). The van der Waals surface area contributed by atoms with Crippen molar-refractivity contribution in [3.05, 3.63) is 97.1 Å². The van der Waals surface area contributed by atoms with Crippen LogP contribution in [0.25, 0.3) is 20.9 Å². The Bertz CT molecular complexity index is 958. The van der Waals surface area contributed by atoms with Crippen molar-refractivity contribution in [3.63, 3.8) is 0 Å². The number of hydrogen-bond acceptors (Lipinski definition) is 2. The molecule has 0 N–H and O–H groups in total. The molecule has 0 atom stereocenters. The highest BCUT2D eigenvalue weighted by Gasteiger charge is 2.08. The quantitative estimate of drug-likeness (QED) is 0.392. The second-order valence-electron chi connectivity index (χ2n) is 5.97. The van der Waals surface area contributed by atoms with Gasteiger partial charge < -0.3 is 4.90 Å². The second kappa shape index (κ2) is 6.96. The van der Waals surface area contributed by atoms with Crippen LogP contribution in [0.2, 0.25) is 0 Å². The van der Waals surface area contributed by atoms with Crippen molar-refractivity contribution < 1.29 is 0 Å². The molecule has 1 aromatic heterocycles. The summed E-state index contributed by atoms with van der Waals surface area (Å²) < 4.78 is 0. The van der Waals surface area contributed by atoms with Gasteiger partial charge in [-0.15, -0.1) is 11.3 Å². The van der Waals surface area contributed by atoms with Gasteiger partial charge in [-0.25, -0.2) is 0 Å². The van der Waals surface area contributed by atoms with E-state index in [-0.39, 0.29) is 0 Å². The van der Waals surface area contributed by atoms with Crippen molar-refractivity contribution in [2.75, 3.05) is 11.9 Å². The number of benzene rings is 3. The number of para-hydroxylation sites is 1. The third-order valence-electron chi connectivity index (χ3n) is 4.33. The van der Waals surface area contributed by atoms with Gasteiger partial charge in [-0.3, -0.25) is 0 Å². The molecule has 1 heterocycles. The third-order valence-corrected chi connectivity index (χ3v) is 5.51. The predicted octanol–water partition coefficient (Wildman–Crippen LogP) is 6.85. The highest BCUT2D eigenvalue weighted by atomic mass is 32.1. The molecule has 3 aromatic carbocycles. The molecule has 0 unspecified atom stereocenters. The second-order valence-corrected chi connectivity index (χ2v) is 7.06. The topological polar surface area (TPSA) is 3.24 Å². The number of rotatable bonds is 4. The molecule has 4 aromatic rings. The summed E-state index contributed by atoms with van der Waals surface area (Å²) in [6.45, 7) is 0. The van der Waals surface area contributed by atoms with Gasteiger partial charge in [0.15, 0.2) is 0 Å². The predicted molar refractivity (Wildman–Crippen MR) is 110 cm³/mol. The van der Waals surface area contributed by atoms with Gasteiger partial charge >= 0.3 is 0 Å². The van der Waals surface area contributed by atoms with E-state index in [0.717, 1.165) is 0 Å². The summed E-state index contributed by atoms with van der Waals surface area (Å²) in [5.74, 6) is 0. The summed E-state index contributed by atoms with van der Waals surface area (Å²) in [6, 6.07) is 34.2. The Balaban J connectivity index is 1.65. The number of hydrogen-bond donors (Lipinski definition) is 0. The Kier molecular flexibility index (Phi) is 4.36. The molecule has 1 nitrogen and oxygen atoms in total. The van der Waals surface area contributed by atoms with Crippen molar-refractivity contribution >= 4 is 22.7 Å². The van der Waals surface area contributed by atoms with Gasteiger partial charge in [-0.05, 0) is 47.5 Å². The van der Waals surface area contributed by atoms with Crippen LogP contribution in [-0.2, 0) is 0 Å². The Morgan fingerprint density at radius 3 is 1.84 bits per heavy atom. The fourth-order valence-corrected chi connectivity index (χ4v) is 3.93. The summed E-state index contributed by atoms with van der Waals surface area (Å²) in [6.07, 6.45) is 0. The van der Waals surface area contributed by atoms with Gasteiger partial charge in [0.1, 0.15) is 0 Å². The minimum absolute atomic E-state index is 1.19. The van der Waals surface area contributed by atoms with E-state index in [1.54, 1.807) is 0 Å². The maximum absolute atomic E-state index is 2.26. The van der Waals surface area contributed by atoms with Gasteiger partial charge in [-0.2, -0.15) is 0 Å². The molecule has 0 radical (unpaired) electrons. The molecule has 0 saturated heterocycles. The van der Waals surface area contributed by atoms with Crippen molar-refractivity contribution in [1.82, 2.24) is 0 Å². The maximum atomic E-state index is 2.26. The van der Waals surface area contributed by atoms with Crippen LogP contribution < -0.4 is 4.90 Å². The van der Waals surface area contributed by atoms with E-state index < -0.39 is 0 Å². The average Bonchev–Trinajstić information content (AvgIpc) is 3.19. The van der Waals surface area contributed by atoms with Crippen LogP contribution in [0.4, 0.5) is 11.4 Å². The SMILES string of the molecule is CN(c1ccccc1)c1cccc(-c2ccc(-c3ccccc3)s2)c1. The molecule has 0 aliphatic rings. The summed E-state index contributed by atoms with van der Waals surface area (Å²) in [5.41, 5.74) is 4.91. The lowest BCUT2D eigenvalue weighted by Crippen LogP contribution is -2.08.